The van der Waals surface area contributed by atoms with Crippen LogP contribution in [0.25, 0.3) is 0 Å². The van der Waals surface area contributed by atoms with Gasteiger partial charge in [0.1, 0.15) is 42.3 Å². The molecule has 0 aliphatic carbocycles. The molecular weight excluding hydrogens is 973 g/mol. The predicted octanol–water partition coefficient (Wildman–Crippen LogP) is -3.00. The summed E-state index contributed by atoms with van der Waals surface area (Å²) < 4.78 is 0. The molecule has 4 rings (SSSR count). The number of benzene rings is 2. The molecule has 9 amide bonds. The van der Waals surface area contributed by atoms with Crippen molar-refractivity contribution in [1.82, 2.24) is 36.4 Å². The molecule has 0 unspecified atom stereocenters. The number of carbonyl (C=O) groups excluding carboxylic acids is 9. The Morgan fingerprint density at radius 1 is 0.560 bits per heavy atom. The third-order valence-electron chi connectivity index (χ3n) is 13.0. The lowest BCUT2D eigenvalue weighted by molar-refractivity contribution is -0.144. The Bertz CT molecular complexity index is 2320. The molecule has 2 heterocycles. The molecule has 2 aromatic rings. The zero-order valence-corrected chi connectivity index (χ0v) is 42.2. The maximum Gasteiger partial charge on any atom is 0.326 e. The molecule has 8 atom stereocenters. The summed E-state index contributed by atoms with van der Waals surface area (Å²) in [4.78, 5) is 141. The lowest BCUT2D eigenvalue weighted by Gasteiger charge is -2.32. The van der Waals surface area contributed by atoms with Gasteiger partial charge in [-0.05, 0) is 88.3 Å². The number of carbonyl (C=O) groups is 10. The molecule has 0 aromatic heterocycles. The first-order chi connectivity index (χ1) is 35.8. The van der Waals surface area contributed by atoms with Gasteiger partial charge in [0.05, 0.1) is 6.04 Å². The fraction of sp³-hybridized carbons (Fsp3) is 0.540. The number of amides is 9. The second-order valence-corrected chi connectivity index (χ2v) is 18.8. The van der Waals surface area contributed by atoms with E-state index < -0.39 is 120 Å². The van der Waals surface area contributed by atoms with Crippen LogP contribution in [-0.2, 0) is 60.8 Å². The molecule has 2 aromatic carbocycles. The second-order valence-electron chi connectivity index (χ2n) is 18.8. The van der Waals surface area contributed by atoms with Crippen molar-refractivity contribution in [1.29, 1.82) is 0 Å². The Balaban J connectivity index is 1.52. The number of carboxylic acid groups (broad SMARTS) is 1. The smallest absolute Gasteiger partial charge is 0.326 e. The Morgan fingerprint density at radius 2 is 1.01 bits per heavy atom. The number of carboxylic acids is 1. The van der Waals surface area contributed by atoms with Crippen molar-refractivity contribution in [3.63, 3.8) is 0 Å². The second kappa shape index (κ2) is 30.5. The predicted molar refractivity (Wildman–Crippen MR) is 275 cm³/mol. The maximum absolute atomic E-state index is 14.4. The van der Waals surface area contributed by atoms with Gasteiger partial charge in [-0.25, -0.2) is 4.79 Å². The molecule has 410 valence electrons. The number of hydrogen-bond donors (Lipinski definition) is 12. The number of nitrogens with one attached hydrogen (secondary N) is 5. The van der Waals surface area contributed by atoms with E-state index in [0.717, 1.165) is 0 Å². The van der Waals surface area contributed by atoms with Crippen LogP contribution in [0.5, 0.6) is 0 Å². The lowest BCUT2D eigenvalue weighted by Crippen LogP contribution is -2.60. The number of rotatable bonds is 31. The number of aliphatic carboxylic acids is 1. The van der Waals surface area contributed by atoms with Gasteiger partial charge in [0.25, 0.3) is 0 Å². The van der Waals surface area contributed by atoms with Crippen molar-refractivity contribution in [2.24, 2.45) is 39.4 Å². The van der Waals surface area contributed by atoms with Crippen LogP contribution in [0.2, 0.25) is 0 Å². The van der Waals surface area contributed by atoms with Gasteiger partial charge < -0.3 is 75.9 Å². The topological polar surface area (TPSA) is 426 Å². The normalized spacial score (nSPS) is 17.5. The molecule has 0 radical (unpaired) electrons. The molecule has 25 nitrogen and oxygen atoms in total. The van der Waals surface area contributed by atoms with Crippen LogP contribution in [-0.4, -0.2) is 155 Å². The van der Waals surface area contributed by atoms with Gasteiger partial charge in [0.2, 0.25) is 53.2 Å². The van der Waals surface area contributed by atoms with Gasteiger partial charge >= 0.3 is 5.97 Å². The summed E-state index contributed by atoms with van der Waals surface area (Å²) in [6, 6.07) is 7.07. The van der Waals surface area contributed by atoms with E-state index in [1.807, 2.05) is 0 Å². The summed E-state index contributed by atoms with van der Waals surface area (Å²) in [5.74, 6) is -8.27. The van der Waals surface area contributed by atoms with Crippen LogP contribution >= 0.6 is 0 Å². The van der Waals surface area contributed by atoms with Crippen LogP contribution in [0.15, 0.2) is 65.7 Å². The van der Waals surface area contributed by atoms with E-state index in [1.165, 1.54) is 9.80 Å². The van der Waals surface area contributed by atoms with Crippen molar-refractivity contribution in [3.05, 3.63) is 71.8 Å². The van der Waals surface area contributed by atoms with Crippen molar-refractivity contribution in [2.45, 2.75) is 145 Å². The van der Waals surface area contributed by atoms with Gasteiger partial charge in [-0.1, -0.05) is 60.7 Å². The largest absolute Gasteiger partial charge is 0.480 e. The first-order valence-corrected chi connectivity index (χ1v) is 25.3. The maximum atomic E-state index is 14.4. The monoisotopic (exact) mass is 1050 g/mol. The third kappa shape index (κ3) is 19.6. The lowest BCUT2D eigenvalue weighted by atomic mass is 10.0. The molecule has 2 fully saturated rings. The van der Waals surface area contributed by atoms with Crippen LogP contribution in [0.1, 0.15) is 94.6 Å². The summed E-state index contributed by atoms with van der Waals surface area (Å²) in [5, 5.41) is 23.1. The Kier molecular flexibility index (Phi) is 24.4. The zero-order valence-electron chi connectivity index (χ0n) is 42.2. The van der Waals surface area contributed by atoms with Gasteiger partial charge in [0.15, 0.2) is 5.96 Å². The van der Waals surface area contributed by atoms with E-state index in [9.17, 15) is 53.1 Å². The van der Waals surface area contributed by atoms with Crippen molar-refractivity contribution in [3.8, 4) is 0 Å². The number of unbranched alkanes of at least 4 members (excludes halogenated alkanes) is 1. The number of primary amides is 2. The molecule has 2 saturated heterocycles. The van der Waals surface area contributed by atoms with Gasteiger partial charge in [0, 0.05) is 45.3 Å². The quantitative estimate of drug-likeness (QED) is 0.0204. The average Bonchev–Trinajstić information content (AvgIpc) is 4.08. The van der Waals surface area contributed by atoms with E-state index >= 15 is 0 Å². The molecule has 25 heteroatoms. The summed E-state index contributed by atoms with van der Waals surface area (Å²) in [6.07, 6.45) is 1.39. The highest BCUT2D eigenvalue weighted by atomic mass is 16.4. The Hall–Kier alpha value is -7.67. The zero-order chi connectivity index (χ0) is 55.0. The van der Waals surface area contributed by atoms with Gasteiger partial charge in [-0.15, -0.1) is 0 Å². The van der Waals surface area contributed by atoms with E-state index in [4.69, 9.17) is 34.4 Å². The number of hydrogen-bond acceptors (Lipinski definition) is 13. The Morgan fingerprint density at radius 3 is 1.51 bits per heavy atom. The first-order valence-electron chi connectivity index (χ1n) is 25.3. The van der Waals surface area contributed by atoms with Crippen molar-refractivity contribution in [2.75, 3.05) is 26.2 Å². The van der Waals surface area contributed by atoms with Crippen LogP contribution < -0.4 is 61.0 Å². The molecule has 75 heavy (non-hydrogen) atoms. The highest BCUT2D eigenvalue weighted by molar-refractivity contribution is 5.98. The van der Waals surface area contributed by atoms with E-state index in [-0.39, 0.29) is 70.5 Å². The van der Waals surface area contributed by atoms with Crippen molar-refractivity contribution < 1.29 is 53.1 Å². The van der Waals surface area contributed by atoms with Gasteiger partial charge in [-0.3, -0.25) is 48.1 Å². The summed E-state index contributed by atoms with van der Waals surface area (Å²) in [5.41, 5.74) is 34.9. The minimum Gasteiger partial charge on any atom is -0.480 e. The molecular formula is C50H74N14O11. The first kappa shape index (κ1) is 59.9. The molecule has 2 aliphatic rings. The molecule has 0 spiro atoms. The minimum absolute atomic E-state index is 0.0769. The van der Waals surface area contributed by atoms with E-state index in [2.05, 4.69) is 31.6 Å². The highest BCUT2D eigenvalue weighted by Gasteiger charge is 2.42. The SMILES string of the molecule is NCCCC[C@H](NC(=O)[C@@H]1CCCN1C(=O)[C@@H](N)CCCN=C(N)N)C(=O)N1CCC[C@H]1C(=O)N[C@@H](CCC(N)=O)C(=O)N[C@@H](CCC(N)=O)C(=O)N[C@@H](Cc1ccccc1)C(=O)N[C@@H](Cc1ccccc1)C(=O)O. The highest BCUT2D eigenvalue weighted by Crippen LogP contribution is 2.23. The molecule has 0 saturated carbocycles. The summed E-state index contributed by atoms with van der Waals surface area (Å²) in [7, 11) is 0. The summed E-state index contributed by atoms with van der Waals surface area (Å²) in [6.45, 7) is 0.953. The molecule has 2 aliphatic heterocycles. The van der Waals surface area contributed by atoms with E-state index in [1.54, 1.807) is 60.7 Å². The average molecular weight is 1050 g/mol. The van der Waals surface area contributed by atoms with Crippen LogP contribution in [0, 0.1) is 0 Å². The number of nitrogens with two attached hydrogens (primary N) is 6. The fourth-order valence-corrected chi connectivity index (χ4v) is 8.98. The minimum atomic E-state index is -1.57. The Labute approximate surface area is 435 Å². The summed E-state index contributed by atoms with van der Waals surface area (Å²) >= 11 is 0. The third-order valence-corrected chi connectivity index (χ3v) is 13.0. The molecule has 0 bridgehead atoms. The van der Waals surface area contributed by atoms with Gasteiger partial charge in [-0.2, -0.15) is 0 Å². The van der Waals surface area contributed by atoms with E-state index in [0.29, 0.717) is 56.2 Å². The number of likely N-dealkylation sites (tertiary alicyclic amines) is 2. The number of guanidine groups is 1. The van der Waals surface area contributed by atoms with Crippen molar-refractivity contribution >= 4 is 65.1 Å². The number of aliphatic imine (C=N–C) groups is 1. The van der Waals surface area contributed by atoms with Crippen LogP contribution in [0.4, 0.5) is 0 Å². The number of nitrogens with zero attached hydrogens (tertiary/aromatic N) is 3. The fourth-order valence-electron chi connectivity index (χ4n) is 8.98. The standard InChI is InChI=1S/C50H74N14O11/c51-24-8-7-17-35(60-46(71)38-18-10-26-63(38)47(72)32(52)16-9-25-57-50(55)56)48(73)64-27-11-19-39(64)45(70)59-34(21-23-41(54)66)42(67)58-33(20-22-40(53)65)43(68)61-36(28-30-12-3-1-4-13-30)44(69)62-37(49(74)75)29-31-14-5-2-6-15-31/h1-6,12-15,32-39H,7-11,16-29,51-52H2,(H2,53,65)(H2,54,66)(H,58,67)(H,59,70)(H,60,71)(H,61,68)(H,62,69)(H,74,75)(H4,55,56,57)/t32-,33-,34-,35-,36-,37-,38-,39-/m0/s1. The van der Waals surface area contributed by atoms with Crippen LogP contribution in [0.3, 0.4) is 0 Å². The molecule has 18 N–H and O–H groups in total.